The van der Waals surface area contributed by atoms with Crippen LogP contribution < -0.4 is 10.6 Å². The Bertz CT molecular complexity index is 706. The number of halogens is 2. The molecular formula is C19H28FIN4S. The maximum absolute atomic E-state index is 13.1. The van der Waals surface area contributed by atoms with E-state index in [1.165, 1.54) is 17.0 Å². The Morgan fingerprint density at radius 1 is 1.19 bits per heavy atom. The third-order valence-corrected chi connectivity index (χ3v) is 5.17. The summed E-state index contributed by atoms with van der Waals surface area (Å²) in [6, 6.07) is 6.68. The van der Waals surface area contributed by atoms with Crippen LogP contribution in [0.15, 0.2) is 29.3 Å². The van der Waals surface area contributed by atoms with E-state index in [1.54, 1.807) is 11.3 Å². The maximum Gasteiger partial charge on any atom is 0.191 e. The number of aliphatic imine (C=N–C) groups is 1. The van der Waals surface area contributed by atoms with Gasteiger partial charge in [-0.1, -0.05) is 26.0 Å². The van der Waals surface area contributed by atoms with Crippen LogP contribution in [0.1, 0.15) is 41.9 Å². The van der Waals surface area contributed by atoms with Crippen LogP contribution in [-0.2, 0) is 12.0 Å². The van der Waals surface area contributed by atoms with Gasteiger partial charge in [-0.15, -0.1) is 35.3 Å². The number of thiazole rings is 1. The molecule has 0 saturated carbocycles. The highest BCUT2D eigenvalue weighted by Gasteiger charge is 2.21. The Labute approximate surface area is 176 Å². The molecule has 2 rings (SSSR count). The van der Waals surface area contributed by atoms with E-state index in [-0.39, 0.29) is 35.2 Å². The number of aromatic nitrogens is 1. The fraction of sp³-hybridized carbons (Fsp3) is 0.474. The molecule has 0 unspecified atom stereocenters. The van der Waals surface area contributed by atoms with Gasteiger partial charge in [0.25, 0.3) is 0 Å². The van der Waals surface area contributed by atoms with Gasteiger partial charge in [0.2, 0.25) is 0 Å². The zero-order chi connectivity index (χ0) is 18.4. The van der Waals surface area contributed by atoms with Crippen molar-refractivity contribution in [2.24, 2.45) is 4.99 Å². The van der Waals surface area contributed by atoms with Crippen LogP contribution in [0.2, 0.25) is 0 Å². The van der Waals surface area contributed by atoms with Crippen molar-refractivity contribution >= 4 is 41.3 Å². The maximum atomic E-state index is 13.1. The molecule has 0 bridgehead atoms. The van der Waals surface area contributed by atoms with E-state index in [4.69, 9.17) is 0 Å². The van der Waals surface area contributed by atoms with Gasteiger partial charge < -0.3 is 10.6 Å². The Morgan fingerprint density at radius 3 is 2.38 bits per heavy atom. The van der Waals surface area contributed by atoms with Crippen LogP contribution in [0.4, 0.5) is 4.39 Å². The van der Waals surface area contributed by atoms with Gasteiger partial charge in [-0.25, -0.2) is 14.4 Å². The number of nitrogens with zero attached hydrogens (tertiary/aromatic N) is 2. The van der Waals surface area contributed by atoms with Crippen molar-refractivity contribution in [3.05, 3.63) is 51.2 Å². The topological polar surface area (TPSA) is 49.3 Å². The fourth-order valence-electron chi connectivity index (χ4n) is 2.40. The molecule has 2 aromatic rings. The number of hydrogen-bond donors (Lipinski definition) is 2. The van der Waals surface area contributed by atoms with Gasteiger partial charge in [0.15, 0.2) is 5.96 Å². The minimum Gasteiger partial charge on any atom is -0.357 e. The second-order valence-corrected chi connectivity index (χ2v) is 7.98. The molecule has 0 aliphatic heterocycles. The molecular weight excluding hydrogens is 462 g/mol. The second kappa shape index (κ2) is 10.2. The zero-order valence-electron chi connectivity index (χ0n) is 16.0. The molecule has 0 aliphatic carbocycles. The van der Waals surface area contributed by atoms with Gasteiger partial charge in [-0.05, 0) is 38.5 Å². The van der Waals surface area contributed by atoms with Gasteiger partial charge in [0.1, 0.15) is 10.8 Å². The highest BCUT2D eigenvalue weighted by atomic mass is 127. The average Bonchev–Trinajstić information content (AvgIpc) is 2.89. The van der Waals surface area contributed by atoms with Crippen molar-refractivity contribution in [3.63, 3.8) is 0 Å². The molecule has 26 heavy (non-hydrogen) atoms. The first-order valence-corrected chi connectivity index (χ1v) is 9.34. The second-order valence-electron chi connectivity index (χ2n) is 6.69. The molecule has 0 aliphatic rings. The van der Waals surface area contributed by atoms with Crippen molar-refractivity contribution in [1.29, 1.82) is 0 Å². The standard InChI is InChI=1S/C19H27FN4S.HI/c1-6-21-18(22-11-17-24-13(2)14(3)25-17)23-12-19(4,5)15-7-9-16(20)10-8-15;/h7-10H,6,11-12H2,1-5H3,(H2,21,22,23);1H. The van der Waals surface area contributed by atoms with E-state index in [0.29, 0.717) is 13.1 Å². The summed E-state index contributed by atoms with van der Waals surface area (Å²) in [6.45, 7) is 12.4. The Morgan fingerprint density at radius 2 is 1.85 bits per heavy atom. The first kappa shape index (κ1) is 22.8. The molecule has 0 fully saturated rings. The summed E-state index contributed by atoms with van der Waals surface area (Å²) in [5.41, 5.74) is 2.02. The van der Waals surface area contributed by atoms with Crippen LogP contribution in [-0.4, -0.2) is 24.0 Å². The van der Waals surface area contributed by atoms with Crippen molar-refractivity contribution in [2.45, 2.75) is 46.6 Å². The smallest absolute Gasteiger partial charge is 0.191 e. The highest BCUT2D eigenvalue weighted by molar-refractivity contribution is 14.0. The minimum absolute atomic E-state index is 0. The molecule has 4 nitrogen and oxygen atoms in total. The Kier molecular flexibility index (Phi) is 8.95. The van der Waals surface area contributed by atoms with E-state index in [1.807, 2.05) is 26.0 Å². The predicted molar refractivity (Wildman–Crippen MR) is 119 cm³/mol. The van der Waals surface area contributed by atoms with Gasteiger partial charge in [0, 0.05) is 23.4 Å². The molecule has 144 valence electrons. The quantitative estimate of drug-likeness (QED) is 0.355. The molecule has 0 saturated heterocycles. The summed E-state index contributed by atoms with van der Waals surface area (Å²) >= 11 is 1.69. The van der Waals surface area contributed by atoms with Crippen molar-refractivity contribution < 1.29 is 4.39 Å². The van der Waals surface area contributed by atoms with Crippen LogP contribution in [0.25, 0.3) is 0 Å². The molecule has 0 amide bonds. The summed E-state index contributed by atoms with van der Waals surface area (Å²) in [4.78, 5) is 10.4. The van der Waals surface area contributed by atoms with Crippen LogP contribution in [0.3, 0.4) is 0 Å². The van der Waals surface area contributed by atoms with Crippen LogP contribution in [0, 0.1) is 19.7 Å². The number of nitrogens with one attached hydrogen (secondary N) is 2. The molecule has 0 spiro atoms. The molecule has 7 heteroatoms. The van der Waals surface area contributed by atoms with Crippen molar-refractivity contribution in [1.82, 2.24) is 15.6 Å². The third kappa shape index (κ3) is 6.50. The van der Waals surface area contributed by atoms with Gasteiger partial charge in [0.05, 0.1) is 12.2 Å². The SMILES string of the molecule is CCNC(=NCc1nc(C)c(C)s1)NCC(C)(C)c1ccc(F)cc1.I. The summed E-state index contributed by atoms with van der Waals surface area (Å²) in [5, 5.41) is 7.67. The number of hydrogen-bond acceptors (Lipinski definition) is 3. The van der Waals surface area contributed by atoms with Crippen molar-refractivity contribution in [2.75, 3.05) is 13.1 Å². The predicted octanol–water partition coefficient (Wildman–Crippen LogP) is 4.55. The first-order chi connectivity index (χ1) is 11.8. The summed E-state index contributed by atoms with van der Waals surface area (Å²) in [5.74, 6) is 0.555. The Hall–Kier alpha value is -1.22. The normalized spacial score (nSPS) is 11.8. The monoisotopic (exact) mass is 490 g/mol. The number of guanidine groups is 1. The lowest BCUT2D eigenvalue weighted by molar-refractivity contribution is 0.507. The number of aryl methyl sites for hydroxylation is 2. The van der Waals surface area contributed by atoms with E-state index < -0.39 is 0 Å². The first-order valence-electron chi connectivity index (χ1n) is 8.53. The van der Waals surface area contributed by atoms with Crippen LogP contribution in [0.5, 0.6) is 0 Å². The van der Waals surface area contributed by atoms with Crippen molar-refractivity contribution in [3.8, 4) is 0 Å². The van der Waals surface area contributed by atoms with Gasteiger partial charge >= 0.3 is 0 Å². The molecule has 1 aromatic heterocycles. The lowest BCUT2D eigenvalue weighted by atomic mass is 9.84. The summed E-state index contributed by atoms with van der Waals surface area (Å²) in [6.07, 6.45) is 0. The average molecular weight is 490 g/mol. The molecule has 0 radical (unpaired) electrons. The van der Waals surface area contributed by atoms with E-state index in [0.717, 1.165) is 28.8 Å². The minimum atomic E-state index is -0.212. The molecule has 1 heterocycles. The summed E-state index contributed by atoms with van der Waals surface area (Å²) < 4.78 is 13.1. The Balaban J connectivity index is 0.00000338. The molecule has 1 aromatic carbocycles. The lowest BCUT2D eigenvalue weighted by Gasteiger charge is -2.26. The van der Waals surface area contributed by atoms with E-state index in [9.17, 15) is 4.39 Å². The molecule has 0 atom stereocenters. The number of benzene rings is 1. The fourth-order valence-corrected chi connectivity index (χ4v) is 3.26. The zero-order valence-corrected chi connectivity index (χ0v) is 19.2. The van der Waals surface area contributed by atoms with Gasteiger partial charge in [-0.2, -0.15) is 0 Å². The highest BCUT2D eigenvalue weighted by Crippen LogP contribution is 2.22. The largest absolute Gasteiger partial charge is 0.357 e. The van der Waals surface area contributed by atoms with E-state index in [2.05, 4.69) is 41.4 Å². The lowest BCUT2D eigenvalue weighted by Crippen LogP contribution is -2.43. The van der Waals surface area contributed by atoms with Gasteiger partial charge in [-0.3, -0.25) is 0 Å². The van der Waals surface area contributed by atoms with E-state index >= 15 is 0 Å². The summed E-state index contributed by atoms with van der Waals surface area (Å²) in [7, 11) is 0. The van der Waals surface area contributed by atoms with Crippen LogP contribution >= 0.6 is 35.3 Å². The molecule has 2 N–H and O–H groups in total. The third-order valence-electron chi connectivity index (χ3n) is 4.11. The number of rotatable bonds is 6.